The zero-order valence-electron chi connectivity index (χ0n) is 14.5. The Morgan fingerprint density at radius 2 is 1.71 bits per heavy atom. The molecule has 4 nitrogen and oxygen atoms in total. The monoisotopic (exact) mass is 327 g/mol. The molecule has 0 spiro atoms. The van der Waals surface area contributed by atoms with E-state index in [-0.39, 0.29) is 17.9 Å². The first-order valence-electron chi connectivity index (χ1n) is 8.11. The molecular formula is C20H25NO3. The van der Waals surface area contributed by atoms with Crippen LogP contribution in [0.5, 0.6) is 5.75 Å². The zero-order chi connectivity index (χ0) is 17.6. The summed E-state index contributed by atoms with van der Waals surface area (Å²) in [6.45, 7) is 6.66. The normalized spacial score (nSPS) is 12.7. The van der Waals surface area contributed by atoms with Crippen molar-refractivity contribution < 1.29 is 14.6 Å². The third kappa shape index (κ3) is 5.48. The number of para-hydroxylation sites is 1. The van der Waals surface area contributed by atoms with Gasteiger partial charge in [-0.3, -0.25) is 4.79 Å². The van der Waals surface area contributed by atoms with Crippen LogP contribution < -0.4 is 10.1 Å². The Morgan fingerprint density at radius 1 is 1.08 bits per heavy atom. The summed E-state index contributed by atoms with van der Waals surface area (Å²) < 4.78 is 5.70. The van der Waals surface area contributed by atoms with Crippen molar-refractivity contribution in [2.45, 2.75) is 32.4 Å². The van der Waals surface area contributed by atoms with Crippen LogP contribution in [0.15, 0.2) is 54.6 Å². The number of carbonyl (C=O) groups excluding carboxylic acids is 1. The number of benzene rings is 2. The van der Waals surface area contributed by atoms with Crippen LogP contribution in [0.1, 0.15) is 36.7 Å². The molecule has 4 heteroatoms. The van der Waals surface area contributed by atoms with Gasteiger partial charge in [-0.2, -0.15) is 0 Å². The maximum atomic E-state index is 12.6. The molecular weight excluding hydrogens is 302 g/mol. The van der Waals surface area contributed by atoms with E-state index in [1.54, 1.807) is 30.3 Å². The number of ether oxygens (including phenoxy) is 1. The molecule has 1 atom stereocenters. The molecule has 24 heavy (non-hydrogen) atoms. The van der Waals surface area contributed by atoms with Crippen LogP contribution >= 0.6 is 0 Å². The van der Waals surface area contributed by atoms with Crippen molar-refractivity contribution in [1.29, 1.82) is 0 Å². The van der Waals surface area contributed by atoms with E-state index in [1.165, 1.54) is 0 Å². The lowest BCUT2D eigenvalue weighted by Gasteiger charge is -2.23. The van der Waals surface area contributed by atoms with E-state index in [2.05, 4.69) is 5.32 Å². The zero-order valence-corrected chi connectivity index (χ0v) is 14.5. The summed E-state index contributed by atoms with van der Waals surface area (Å²) in [5.74, 6) is 0.398. The SMILES string of the molecule is CC(C)(C)NCC(O)COc1ccccc1C(=O)c1ccccc1. The van der Waals surface area contributed by atoms with E-state index in [0.717, 1.165) is 0 Å². The van der Waals surface area contributed by atoms with Crippen molar-refractivity contribution in [3.8, 4) is 5.75 Å². The van der Waals surface area contributed by atoms with Crippen molar-refractivity contribution in [3.05, 3.63) is 65.7 Å². The molecule has 2 rings (SSSR count). The van der Waals surface area contributed by atoms with E-state index in [4.69, 9.17) is 4.74 Å². The number of nitrogens with one attached hydrogen (secondary N) is 1. The van der Waals surface area contributed by atoms with E-state index in [9.17, 15) is 9.90 Å². The Bertz CT molecular complexity index is 662. The fraction of sp³-hybridized carbons (Fsp3) is 0.350. The molecule has 2 aromatic rings. The third-order valence-corrected chi connectivity index (χ3v) is 3.47. The van der Waals surface area contributed by atoms with E-state index < -0.39 is 6.10 Å². The number of aliphatic hydroxyl groups excluding tert-OH is 1. The molecule has 0 aliphatic carbocycles. The quantitative estimate of drug-likeness (QED) is 0.768. The second-order valence-corrected chi connectivity index (χ2v) is 6.79. The fourth-order valence-corrected chi connectivity index (χ4v) is 2.19. The van der Waals surface area contributed by atoms with Gasteiger partial charge in [-0.15, -0.1) is 0 Å². The van der Waals surface area contributed by atoms with E-state index >= 15 is 0 Å². The molecule has 0 bridgehead atoms. The van der Waals surface area contributed by atoms with Crippen molar-refractivity contribution in [1.82, 2.24) is 5.32 Å². The molecule has 2 aromatic carbocycles. The predicted molar refractivity (Wildman–Crippen MR) is 95.6 cm³/mol. The Kier molecular flexibility index (Phi) is 6.12. The lowest BCUT2D eigenvalue weighted by Crippen LogP contribution is -2.42. The highest BCUT2D eigenvalue weighted by atomic mass is 16.5. The summed E-state index contributed by atoms with van der Waals surface area (Å²) in [4.78, 5) is 12.6. The number of rotatable bonds is 7. The summed E-state index contributed by atoms with van der Waals surface area (Å²) in [5.41, 5.74) is 1.05. The van der Waals surface area contributed by atoms with E-state index in [1.807, 2.05) is 45.0 Å². The predicted octanol–water partition coefficient (Wildman–Crippen LogP) is 3.05. The van der Waals surface area contributed by atoms with Gasteiger partial charge in [-0.25, -0.2) is 0 Å². The van der Waals surface area contributed by atoms with Gasteiger partial charge in [0.2, 0.25) is 0 Å². The van der Waals surface area contributed by atoms with Crippen molar-refractivity contribution >= 4 is 5.78 Å². The molecule has 0 amide bonds. The van der Waals surface area contributed by atoms with Crippen LogP contribution in [-0.2, 0) is 0 Å². The molecule has 0 fully saturated rings. The molecule has 0 saturated carbocycles. The van der Waals surface area contributed by atoms with Gasteiger partial charge >= 0.3 is 0 Å². The minimum absolute atomic E-state index is 0.0673. The number of ketones is 1. The molecule has 128 valence electrons. The summed E-state index contributed by atoms with van der Waals surface area (Å²) in [6.07, 6.45) is -0.649. The van der Waals surface area contributed by atoms with Gasteiger partial charge in [0.15, 0.2) is 5.78 Å². The minimum Gasteiger partial charge on any atom is -0.490 e. The van der Waals surface area contributed by atoms with Gasteiger partial charge < -0.3 is 15.2 Å². The maximum Gasteiger partial charge on any atom is 0.196 e. The van der Waals surface area contributed by atoms with E-state index in [0.29, 0.717) is 23.4 Å². The summed E-state index contributed by atoms with van der Waals surface area (Å²) >= 11 is 0. The number of hydrogen-bond donors (Lipinski definition) is 2. The van der Waals surface area contributed by atoms with Crippen LogP contribution in [0.25, 0.3) is 0 Å². The molecule has 0 saturated heterocycles. The third-order valence-electron chi connectivity index (χ3n) is 3.47. The number of carbonyl (C=O) groups is 1. The fourth-order valence-electron chi connectivity index (χ4n) is 2.19. The average Bonchev–Trinajstić information content (AvgIpc) is 2.58. The second-order valence-electron chi connectivity index (χ2n) is 6.79. The maximum absolute atomic E-state index is 12.6. The highest BCUT2D eigenvalue weighted by molar-refractivity contribution is 6.10. The molecule has 0 aliphatic rings. The second kappa shape index (κ2) is 8.08. The lowest BCUT2D eigenvalue weighted by molar-refractivity contribution is 0.0959. The van der Waals surface area contributed by atoms with Gasteiger partial charge in [0, 0.05) is 17.6 Å². The molecule has 0 aromatic heterocycles. The van der Waals surface area contributed by atoms with Gasteiger partial charge in [-0.05, 0) is 32.9 Å². The van der Waals surface area contributed by atoms with Crippen molar-refractivity contribution in [2.75, 3.05) is 13.2 Å². The standard InChI is InChI=1S/C20H25NO3/c1-20(2,3)21-13-16(22)14-24-18-12-8-7-11-17(18)19(23)15-9-5-4-6-10-15/h4-12,16,21-22H,13-14H2,1-3H3. The lowest BCUT2D eigenvalue weighted by atomic mass is 10.0. The van der Waals surface area contributed by atoms with Crippen molar-refractivity contribution in [3.63, 3.8) is 0 Å². The topological polar surface area (TPSA) is 58.6 Å². The first kappa shape index (κ1) is 18.2. The van der Waals surface area contributed by atoms with Crippen LogP contribution in [0, 0.1) is 0 Å². The minimum atomic E-state index is -0.649. The van der Waals surface area contributed by atoms with Crippen LogP contribution in [0.3, 0.4) is 0 Å². The molecule has 2 N–H and O–H groups in total. The van der Waals surface area contributed by atoms with Crippen LogP contribution in [-0.4, -0.2) is 35.7 Å². The molecule has 0 aliphatic heterocycles. The van der Waals surface area contributed by atoms with Gasteiger partial charge in [0.25, 0.3) is 0 Å². The summed E-state index contributed by atoms with van der Waals surface area (Å²) in [5, 5.41) is 13.3. The number of aliphatic hydroxyl groups is 1. The Balaban J connectivity index is 2.03. The molecule has 0 heterocycles. The summed E-state index contributed by atoms with van der Waals surface area (Å²) in [6, 6.07) is 16.2. The van der Waals surface area contributed by atoms with Crippen LogP contribution in [0.2, 0.25) is 0 Å². The number of β-amino-alcohol motifs (C(OH)–C–C–N with tert-alkyl or cyclic N) is 1. The average molecular weight is 327 g/mol. The largest absolute Gasteiger partial charge is 0.490 e. The molecule has 0 radical (unpaired) electrons. The number of hydrogen-bond acceptors (Lipinski definition) is 4. The smallest absolute Gasteiger partial charge is 0.196 e. The van der Waals surface area contributed by atoms with Gasteiger partial charge in [-0.1, -0.05) is 42.5 Å². The first-order valence-corrected chi connectivity index (χ1v) is 8.11. The Labute approximate surface area is 143 Å². The van der Waals surface area contributed by atoms with Gasteiger partial charge in [0.1, 0.15) is 18.5 Å². The Morgan fingerprint density at radius 3 is 2.38 bits per heavy atom. The Hall–Kier alpha value is -2.17. The summed E-state index contributed by atoms with van der Waals surface area (Å²) in [7, 11) is 0. The highest BCUT2D eigenvalue weighted by Crippen LogP contribution is 2.21. The first-order chi connectivity index (χ1) is 11.4. The van der Waals surface area contributed by atoms with Crippen LogP contribution in [0.4, 0.5) is 0 Å². The molecule has 1 unspecified atom stereocenters. The highest BCUT2D eigenvalue weighted by Gasteiger charge is 2.16. The van der Waals surface area contributed by atoms with Gasteiger partial charge in [0.05, 0.1) is 5.56 Å². The van der Waals surface area contributed by atoms with Crippen molar-refractivity contribution in [2.24, 2.45) is 0 Å².